The third-order valence-electron chi connectivity index (χ3n) is 5.28. The first-order valence-electron chi connectivity index (χ1n) is 7.94. The molecule has 5 nitrogen and oxygen atoms in total. The van der Waals surface area contributed by atoms with Crippen LogP contribution in [0.2, 0.25) is 0 Å². The molecule has 6 heteroatoms. The average molecular weight is 409 g/mol. The number of ether oxygens (including phenoxy) is 1. The van der Waals surface area contributed by atoms with Crippen molar-refractivity contribution in [3.63, 3.8) is 0 Å². The molecule has 0 aromatic carbocycles. The number of guanidine groups is 1. The molecule has 122 valence electrons. The molecule has 3 rings (SSSR count). The summed E-state index contributed by atoms with van der Waals surface area (Å²) in [4.78, 5) is 6.78. The summed E-state index contributed by atoms with van der Waals surface area (Å²) in [5, 5.41) is 13.4. The molecule has 3 fully saturated rings. The summed E-state index contributed by atoms with van der Waals surface area (Å²) in [6, 6.07) is 0. The van der Waals surface area contributed by atoms with Crippen LogP contribution in [0.1, 0.15) is 32.1 Å². The van der Waals surface area contributed by atoms with Crippen molar-refractivity contribution in [2.24, 2.45) is 16.3 Å². The fraction of sp³-hybridized carbons (Fsp3) is 0.933. The fourth-order valence-corrected chi connectivity index (χ4v) is 3.90. The van der Waals surface area contributed by atoms with Gasteiger partial charge in [0.2, 0.25) is 0 Å². The van der Waals surface area contributed by atoms with Crippen LogP contribution in [0.3, 0.4) is 0 Å². The van der Waals surface area contributed by atoms with Crippen molar-refractivity contribution < 1.29 is 9.84 Å². The molecule has 21 heavy (non-hydrogen) atoms. The minimum atomic E-state index is -0.131. The molecular formula is C15H28IN3O2. The zero-order chi connectivity index (χ0) is 14.0. The Morgan fingerprint density at radius 2 is 2.29 bits per heavy atom. The van der Waals surface area contributed by atoms with Crippen LogP contribution >= 0.6 is 24.0 Å². The van der Waals surface area contributed by atoms with Gasteiger partial charge in [0, 0.05) is 44.6 Å². The average Bonchev–Trinajstić information content (AvgIpc) is 3.16. The summed E-state index contributed by atoms with van der Waals surface area (Å²) in [7, 11) is 1.85. The van der Waals surface area contributed by atoms with Crippen LogP contribution in [0.25, 0.3) is 0 Å². The van der Waals surface area contributed by atoms with Crippen LogP contribution < -0.4 is 5.32 Å². The molecule has 1 aliphatic carbocycles. The van der Waals surface area contributed by atoms with Crippen LogP contribution in [-0.4, -0.2) is 62.0 Å². The number of hydrogen-bond donors (Lipinski definition) is 2. The van der Waals surface area contributed by atoms with Crippen LogP contribution in [0, 0.1) is 11.3 Å². The van der Waals surface area contributed by atoms with Crippen molar-refractivity contribution in [3.8, 4) is 0 Å². The minimum absolute atomic E-state index is 0. The number of nitrogens with one attached hydrogen (secondary N) is 1. The van der Waals surface area contributed by atoms with Gasteiger partial charge in [0.25, 0.3) is 0 Å². The molecular weight excluding hydrogens is 381 g/mol. The van der Waals surface area contributed by atoms with Gasteiger partial charge in [0.1, 0.15) is 0 Å². The number of aliphatic hydroxyl groups excluding tert-OH is 1. The Hall–Kier alpha value is -0.0800. The maximum Gasteiger partial charge on any atom is 0.193 e. The Morgan fingerprint density at radius 1 is 1.43 bits per heavy atom. The summed E-state index contributed by atoms with van der Waals surface area (Å²) in [5.74, 6) is 1.38. The van der Waals surface area contributed by atoms with E-state index in [1.54, 1.807) is 0 Å². The Morgan fingerprint density at radius 3 is 2.90 bits per heavy atom. The van der Waals surface area contributed by atoms with Gasteiger partial charge in [-0.2, -0.15) is 0 Å². The number of likely N-dealkylation sites (tertiary alicyclic amines) is 1. The molecule has 3 aliphatic rings. The van der Waals surface area contributed by atoms with Crippen LogP contribution in [0.5, 0.6) is 0 Å². The smallest absolute Gasteiger partial charge is 0.193 e. The molecule has 0 aromatic rings. The highest BCUT2D eigenvalue weighted by atomic mass is 127. The van der Waals surface area contributed by atoms with Gasteiger partial charge in [-0.3, -0.25) is 4.99 Å². The van der Waals surface area contributed by atoms with E-state index in [1.807, 2.05) is 7.05 Å². The first kappa shape index (κ1) is 17.3. The Kier molecular flexibility index (Phi) is 6.14. The second-order valence-corrected chi connectivity index (χ2v) is 6.66. The van der Waals surface area contributed by atoms with Gasteiger partial charge in [-0.15, -0.1) is 24.0 Å². The van der Waals surface area contributed by atoms with Crippen LogP contribution in [0.15, 0.2) is 4.99 Å². The van der Waals surface area contributed by atoms with E-state index in [9.17, 15) is 5.11 Å². The lowest BCUT2D eigenvalue weighted by Gasteiger charge is -2.26. The quantitative estimate of drug-likeness (QED) is 0.412. The van der Waals surface area contributed by atoms with Gasteiger partial charge >= 0.3 is 0 Å². The van der Waals surface area contributed by atoms with Crippen molar-refractivity contribution in [3.05, 3.63) is 0 Å². The highest BCUT2D eigenvalue weighted by Gasteiger charge is 2.42. The van der Waals surface area contributed by atoms with E-state index < -0.39 is 0 Å². The van der Waals surface area contributed by atoms with E-state index in [2.05, 4.69) is 15.2 Å². The number of aliphatic hydroxyl groups is 1. The predicted molar refractivity (Wildman–Crippen MR) is 94.2 cm³/mol. The van der Waals surface area contributed by atoms with Gasteiger partial charge < -0.3 is 20.1 Å². The van der Waals surface area contributed by atoms with Crippen molar-refractivity contribution in [2.45, 2.75) is 38.2 Å². The lowest BCUT2D eigenvalue weighted by atomic mass is 9.87. The normalized spacial score (nSPS) is 36.3. The Balaban J connectivity index is 0.00000161. The van der Waals surface area contributed by atoms with E-state index in [-0.39, 0.29) is 30.1 Å². The molecule has 3 atom stereocenters. The molecule has 2 aliphatic heterocycles. The second kappa shape index (κ2) is 7.46. The molecule has 0 bridgehead atoms. The first-order valence-corrected chi connectivity index (χ1v) is 7.94. The van der Waals surface area contributed by atoms with Crippen molar-refractivity contribution in [1.82, 2.24) is 10.2 Å². The third kappa shape index (κ3) is 3.82. The van der Waals surface area contributed by atoms with E-state index in [1.165, 1.54) is 12.8 Å². The lowest BCUT2D eigenvalue weighted by molar-refractivity contribution is 0.133. The molecule has 3 unspecified atom stereocenters. The molecule has 1 saturated carbocycles. The number of halogens is 1. The fourth-order valence-electron chi connectivity index (χ4n) is 3.90. The molecule has 1 spiro atoms. The third-order valence-corrected chi connectivity index (χ3v) is 5.28. The highest BCUT2D eigenvalue weighted by Crippen LogP contribution is 2.38. The molecule has 2 N–H and O–H groups in total. The van der Waals surface area contributed by atoms with Crippen molar-refractivity contribution >= 4 is 29.9 Å². The van der Waals surface area contributed by atoms with Crippen molar-refractivity contribution in [2.75, 3.05) is 39.9 Å². The van der Waals surface area contributed by atoms with E-state index >= 15 is 0 Å². The summed E-state index contributed by atoms with van der Waals surface area (Å²) in [6.07, 6.45) is 5.49. The largest absolute Gasteiger partial charge is 0.393 e. The second-order valence-electron chi connectivity index (χ2n) is 6.66. The Bertz CT molecular complexity index is 372. The number of hydrogen-bond acceptors (Lipinski definition) is 3. The summed E-state index contributed by atoms with van der Waals surface area (Å²) >= 11 is 0. The van der Waals surface area contributed by atoms with Gasteiger partial charge in [0.05, 0.1) is 12.7 Å². The standard InChI is InChI=1S/C15H27N3O2.HI/c1-16-14(17-9-12-3-2-4-13(12)19)18-7-5-15(10-18)6-8-20-11-15;/h12-13,19H,2-11H2,1H3,(H,16,17);1H. The maximum absolute atomic E-state index is 9.90. The maximum atomic E-state index is 9.90. The molecule has 2 saturated heterocycles. The SMILES string of the molecule is CN=C(NCC1CCCC1O)N1CCC2(CCOC2)C1.I. The molecule has 0 amide bonds. The van der Waals surface area contributed by atoms with Gasteiger partial charge in [-0.1, -0.05) is 6.42 Å². The number of nitrogens with zero attached hydrogens (tertiary/aromatic N) is 2. The van der Waals surface area contributed by atoms with E-state index in [0.717, 1.165) is 58.1 Å². The Labute approximate surface area is 144 Å². The van der Waals surface area contributed by atoms with Gasteiger partial charge in [-0.05, 0) is 25.7 Å². The predicted octanol–water partition coefficient (Wildman–Crippen LogP) is 1.45. The molecule has 0 radical (unpaired) electrons. The number of aliphatic imine (C=N–C) groups is 1. The van der Waals surface area contributed by atoms with E-state index in [0.29, 0.717) is 11.3 Å². The van der Waals surface area contributed by atoms with Gasteiger partial charge in [-0.25, -0.2) is 0 Å². The van der Waals surface area contributed by atoms with Crippen molar-refractivity contribution in [1.29, 1.82) is 0 Å². The van der Waals surface area contributed by atoms with E-state index in [4.69, 9.17) is 4.74 Å². The first-order chi connectivity index (χ1) is 9.72. The monoisotopic (exact) mass is 409 g/mol. The molecule has 2 heterocycles. The molecule has 0 aromatic heterocycles. The van der Waals surface area contributed by atoms with Crippen LogP contribution in [0.4, 0.5) is 0 Å². The topological polar surface area (TPSA) is 57.1 Å². The zero-order valence-electron chi connectivity index (χ0n) is 12.9. The summed E-state index contributed by atoms with van der Waals surface area (Å²) < 4.78 is 5.58. The van der Waals surface area contributed by atoms with Crippen LogP contribution in [-0.2, 0) is 4.74 Å². The lowest BCUT2D eigenvalue weighted by Crippen LogP contribution is -2.44. The highest BCUT2D eigenvalue weighted by molar-refractivity contribution is 14.0. The minimum Gasteiger partial charge on any atom is -0.393 e. The summed E-state index contributed by atoms with van der Waals surface area (Å²) in [6.45, 7) is 4.78. The summed E-state index contributed by atoms with van der Waals surface area (Å²) in [5.41, 5.74) is 0.366. The zero-order valence-corrected chi connectivity index (χ0v) is 15.2. The van der Waals surface area contributed by atoms with Gasteiger partial charge in [0.15, 0.2) is 5.96 Å². The number of rotatable bonds is 2.